The lowest BCUT2D eigenvalue weighted by molar-refractivity contribution is 0.144. The maximum absolute atomic E-state index is 12.4. The topological polar surface area (TPSA) is 53.4 Å². The Bertz CT molecular complexity index is 680. The minimum Gasteiger partial charge on any atom is -0.336 e. The number of benzene rings is 1. The van der Waals surface area contributed by atoms with E-state index in [2.05, 4.69) is 19.8 Å². The van der Waals surface area contributed by atoms with Gasteiger partial charge in [0, 0.05) is 62.4 Å². The van der Waals surface area contributed by atoms with Crippen molar-refractivity contribution >= 4 is 23.3 Å². The zero-order valence-corrected chi connectivity index (χ0v) is 14.5. The fraction of sp³-hybridized carbons (Fsp3) is 0.412. The molecule has 0 spiro atoms. The SMILES string of the molecule is Cc1ccc(NC(=O)N2CCN(CCn3ccnc3)CC2)cc1Cl. The number of amides is 2. The van der Waals surface area contributed by atoms with Gasteiger partial charge in [-0.2, -0.15) is 0 Å². The van der Waals surface area contributed by atoms with Gasteiger partial charge in [0.05, 0.1) is 6.33 Å². The number of nitrogens with one attached hydrogen (secondary N) is 1. The number of imidazole rings is 1. The summed E-state index contributed by atoms with van der Waals surface area (Å²) in [5, 5.41) is 3.58. The third kappa shape index (κ3) is 4.27. The third-order valence-electron chi connectivity index (χ3n) is 4.32. The second kappa shape index (κ2) is 7.68. The molecule has 0 radical (unpaired) electrons. The quantitative estimate of drug-likeness (QED) is 0.925. The second-order valence-electron chi connectivity index (χ2n) is 6.02. The van der Waals surface area contributed by atoms with Crippen molar-refractivity contribution in [2.75, 3.05) is 38.0 Å². The minimum atomic E-state index is -0.0656. The number of halogens is 1. The Morgan fingerprint density at radius 2 is 2.04 bits per heavy atom. The number of urea groups is 1. The van der Waals surface area contributed by atoms with Crippen molar-refractivity contribution < 1.29 is 4.79 Å². The summed E-state index contributed by atoms with van der Waals surface area (Å²) in [5.74, 6) is 0. The molecule has 1 aliphatic rings. The summed E-state index contributed by atoms with van der Waals surface area (Å²) in [7, 11) is 0. The summed E-state index contributed by atoms with van der Waals surface area (Å²) in [4.78, 5) is 20.6. The van der Waals surface area contributed by atoms with Gasteiger partial charge in [-0.3, -0.25) is 4.90 Å². The van der Waals surface area contributed by atoms with E-state index in [4.69, 9.17) is 11.6 Å². The molecule has 7 heteroatoms. The van der Waals surface area contributed by atoms with Crippen molar-refractivity contribution in [3.63, 3.8) is 0 Å². The number of carbonyl (C=O) groups excluding carboxylic acids is 1. The van der Waals surface area contributed by atoms with E-state index >= 15 is 0 Å². The van der Waals surface area contributed by atoms with Crippen molar-refractivity contribution in [2.45, 2.75) is 13.5 Å². The zero-order valence-electron chi connectivity index (χ0n) is 13.8. The summed E-state index contributed by atoms with van der Waals surface area (Å²) < 4.78 is 2.07. The highest BCUT2D eigenvalue weighted by atomic mass is 35.5. The largest absolute Gasteiger partial charge is 0.336 e. The number of anilines is 1. The van der Waals surface area contributed by atoms with E-state index in [-0.39, 0.29) is 6.03 Å². The van der Waals surface area contributed by atoms with E-state index < -0.39 is 0 Å². The van der Waals surface area contributed by atoms with E-state index in [0.29, 0.717) is 5.02 Å². The highest BCUT2D eigenvalue weighted by Gasteiger charge is 2.21. The third-order valence-corrected chi connectivity index (χ3v) is 4.72. The van der Waals surface area contributed by atoms with Gasteiger partial charge in [-0.15, -0.1) is 0 Å². The van der Waals surface area contributed by atoms with E-state index in [1.54, 1.807) is 12.3 Å². The molecular formula is C17H22ClN5O. The van der Waals surface area contributed by atoms with Crippen molar-refractivity contribution in [1.29, 1.82) is 0 Å². The molecule has 6 nitrogen and oxygen atoms in total. The molecule has 0 unspecified atom stereocenters. The molecule has 1 N–H and O–H groups in total. The van der Waals surface area contributed by atoms with Crippen LogP contribution in [0.5, 0.6) is 0 Å². The van der Waals surface area contributed by atoms with Gasteiger partial charge in [0.15, 0.2) is 0 Å². The van der Waals surface area contributed by atoms with Gasteiger partial charge in [0.1, 0.15) is 0 Å². The predicted octanol–water partition coefficient (Wildman–Crippen LogP) is 2.69. The molecule has 1 fully saturated rings. The van der Waals surface area contributed by atoms with Crippen LogP contribution in [0.3, 0.4) is 0 Å². The molecule has 1 aromatic heterocycles. The highest BCUT2D eigenvalue weighted by Crippen LogP contribution is 2.20. The minimum absolute atomic E-state index is 0.0656. The molecule has 1 aromatic carbocycles. The van der Waals surface area contributed by atoms with Crippen molar-refractivity contribution in [1.82, 2.24) is 19.4 Å². The van der Waals surface area contributed by atoms with Crippen LogP contribution in [0.25, 0.3) is 0 Å². The summed E-state index contributed by atoms with van der Waals surface area (Å²) in [6.45, 7) is 7.07. The number of aryl methyl sites for hydroxylation is 1. The maximum Gasteiger partial charge on any atom is 0.321 e. The van der Waals surface area contributed by atoms with Gasteiger partial charge in [-0.05, 0) is 24.6 Å². The zero-order chi connectivity index (χ0) is 16.9. The maximum atomic E-state index is 12.4. The Labute approximate surface area is 147 Å². The van der Waals surface area contributed by atoms with Gasteiger partial charge in [0.2, 0.25) is 0 Å². The van der Waals surface area contributed by atoms with E-state index in [9.17, 15) is 4.79 Å². The van der Waals surface area contributed by atoms with Crippen molar-refractivity contribution in [3.05, 3.63) is 47.5 Å². The number of carbonyl (C=O) groups is 1. The Morgan fingerprint density at radius 1 is 1.25 bits per heavy atom. The molecule has 0 aliphatic carbocycles. The number of aromatic nitrogens is 2. The Hall–Kier alpha value is -2.05. The lowest BCUT2D eigenvalue weighted by atomic mass is 10.2. The summed E-state index contributed by atoms with van der Waals surface area (Å²) in [6.07, 6.45) is 5.59. The molecule has 1 saturated heterocycles. The van der Waals surface area contributed by atoms with Crippen LogP contribution in [0.15, 0.2) is 36.9 Å². The molecule has 0 atom stereocenters. The monoisotopic (exact) mass is 347 g/mol. The van der Waals surface area contributed by atoms with Crippen LogP contribution < -0.4 is 5.32 Å². The molecule has 24 heavy (non-hydrogen) atoms. The van der Waals surface area contributed by atoms with Gasteiger partial charge in [-0.25, -0.2) is 9.78 Å². The first-order valence-electron chi connectivity index (χ1n) is 8.12. The standard InChI is InChI=1S/C17H22ClN5O/c1-14-2-3-15(12-16(14)18)20-17(24)23-10-8-21(9-11-23)6-7-22-5-4-19-13-22/h2-5,12-13H,6-11H2,1H3,(H,20,24). The molecule has 0 bridgehead atoms. The van der Waals surface area contributed by atoms with Crippen LogP contribution in [0.1, 0.15) is 5.56 Å². The van der Waals surface area contributed by atoms with Crippen LogP contribution in [0.4, 0.5) is 10.5 Å². The molecular weight excluding hydrogens is 326 g/mol. The molecule has 2 aromatic rings. The van der Waals surface area contributed by atoms with Crippen LogP contribution in [0.2, 0.25) is 5.02 Å². The molecule has 1 aliphatic heterocycles. The Kier molecular flexibility index (Phi) is 5.37. The molecule has 0 saturated carbocycles. The first-order valence-corrected chi connectivity index (χ1v) is 8.50. The van der Waals surface area contributed by atoms with E-state index in [0.717, 1.165) is 50.5 Å². The van der Waals surface area contributed by atoms with E-state index in [1.165, 1.54) is 0 Å². The fourth-order valence-electron chi connectivity index (χ4n) is 2.72. The lowest BCUT2D eigenvalue weighted by Gasteiger charge is -2.34. The van der Waals surface area contributed by atoms with Gasteiger partial charge in [-0.1, -0.05) is 17.7 Å². The smallest absolute Gasteiger partial charge is 0.321 e. The van der Waals surface area contributed by atoms with Crippen molar-refractivity contribution in [2.24, 2.45) is 0 Å². The van der Waals surface area contributed by atoms with Crippen LogP contribution >= 0.6 is 11.6 Å². The van der Waals surface area contributed by atoms with Gasteiger partial charge < -0.3 is 14.8 Å². The fourth-order valence-corrected chi connectivity index (χ4v) is 2.90. The molecule has 2 amide bonds. The van der Waals surface area contributed by atoms with Gasteiger partial charge in [0.25, 0.3) is 0 Å². The summed E-state index contributed by atoms with van der Waals surface area (Å²) in [6, 6.07) is 5.51. The first-order chi connectivity index (χ1) is 11.6. The van der Waals surface area contributed by atoms with E-state index in [1.807, 2.05) is 36.5 Å². The summed E-state index contributed by atoms with van der Waals surface area (Å²) >= 11 is 6.10. The normalized spacial score (nSPS) is 15.5. The number of piperazine rings is 1. The number of hydrogen-bond donors (Lipinski definition) is 1. The highest BCUT2D eigenvalue weighted by molar-refractivity contribution is 6.31. The van der Waals surface area contributed by atoms with Crippen LogP contribution in [-0.2, 0) is 6.54 Å². The first kappa shape index (κ1) is 16.8. The number of nitrogens with zero attached hydrogens (tertiary/aromatic N) is 4. The average molecular weight is 348 g/mol. The predicted molar refractivity (Wildman–Crippen MR) is 95.4 cm³/mol. The lowest BCUT2D eigenvalue weighted by Crippen LogP contribution is -2.50. The van der Waals surface area contributed by atoms with Gasteiger partial charge >= 0.3 is 6.03 Å². The molecule has 3 rings (SSSR count). The Balaban J connectivity index is 1.45. The summed E-state index contributed by atoms with van der Waals surface area (Å²) in [5.41, 5.74) is 1.74. The Morgan fingerprint density at radius 3 is 2.71 bits per heavy atom. The second-order valence-corrected chi connectivity index (χ2v) is 6.43. The average Bonchev–Trinajstić information content (AvgIpc) is 3.10. The van der Waals surface area contributed by atoms with Crippen LogP contribution in [-0.4, -0.2) is 58.1 Å². The molecule has 2 heterocycles. The number of rotatable bonds is 4. The number of hydrogen-bond acceptors (Lipinski definition) is 3. The van der Waals surface area contributed by atoms with Crippen molar-refractivity contribution in [3.8, 4) is 0 Å². The van der Waals surface area contributed by atoms with Crippen LogP contribution in [0, 0.1) is 6.92 Å². The molecule has 128 valence electrons.